The number of halogens is 1. The van der Waals surface area contributed by atoms with Crippen LogP contribution in [0.3, 0.4) is 0 Å². The van der Waals surface area contributed by atoms with Crippen molar-refractivity contribution >= 4 is 34.3 Å². The fraction of sp³-hybridized carbons (Fsp3) is 0.214. The number of ether oxygens (including phenoxy) is 2. The van der Waals surface area contributed by atoms with Crippen LogP contribution in [0.15, 0.2) is 66.7 Å². The van der Waals surface area contributed by atoms with E-state index >= 15 is 0 Å². The molecular weight excluding hydrogens is 466 g/mol. The minimum Gasteiger partial charge on any atom is -0.497 e. The SMILES string of the molecule is COc1ccc(C(=O)c2c(C)n(Cc3cccc(Cl)c3)c3cc(OC(C)(C)C(=O)O)ccc23)cc1. The monoisotopic (exact) mass is 491 g/mol. The number of hydrogen-bond donors (Lipinski definition) is 1. The highest BCUT2D eigenvalue weighted by Crippen LogP contribution is 2.33. The summed E-state index contributed by atoms with van der Waals surface area (Å²) >= 11 is 6.21. The van der Waals surface area contributed by atoms with Crippen molar-refractivity contribution in [3.63, 3.8) is 0 Å². The van der Waals surface area contributed by atoms with Crippen LogP contribution in [0, 0.1) is 6.92 Å². The Hall–Kier alpha value is -3.77. The van der Waals surface area contributed by atoms with Gasteiger partial charge >= 0.3 is 5.97 Å². The second-order valence-electron chi connectivity index (χ2n) is 8.83. The molecule has 0 aliphatic rings. The van der Waals surface area contributed by atoms with Crippen molar-refractivity contribution in [2.45, 2.75) is 32.9 Å². The van der Waals surface area contributed by atoms with Crippen LogP contribution in [0.4, 0.5) is 0 Å². The van der Waals surface area contributed by atoms with Gasteiger partial charge in [0, 0.05) is 34.3 Å². The average molecular weight is 492 g/mol. The number of carbonyl (C=O) groups is 2. The molecule has 7 heteroatoms. The molecule has 180 valence electrons. The Morgan fingerprint density at radius 1 is 1.00 bits per heavy atom. The molecule has 1 heterocycles. The minimum absolute atomic E-state index is 0.112. The lowest BCUT2D eigenvalue weighted by Gasteiger charge is -2.21. The van der Waals surface area contributed by atoms with Crippen molar-refractivity contribution in [2.75, 3.05) is 7.11 Å². The van der Waals surface area contributed by atoms with Gasteiger partial charge in [-0.2, -0.15) is 0 Å². The van der Waals surface area contributed by atoms with Crippen LogP contribution in [0.25, 0.3) is 10.9 Å². The minimum atomic E-state index is -1.41. The van der Waals surface area contributed by atoms with Gasteiger partial charge in [0.05, 0.1) is 18.2 Å². The molecule has 0 radical (unpaired) electrons. The molecular formula is C28H26ClNO5. The number of benzene rings is 3. The van der Waals surface area contributed by atoms with E-state index in [1.165, 1.54) is 13.8 Å². The molecule has 3 aromatic carbocycles. The number of hydrogen-bond acceptors (Lipinski definition) is 4. The highest BCUT2D eigenvalue weighted by Gasteiger charge is 2.30. The standard InChI is InChI=1S/C28H26ClNO5/c1-17-25(26(31)19-8-10-21(34-4)11-9-19)23-13-12-22(35-28(2,3)27(32)33)15-24(23)30(17)16-18-6-5-7-20(29)14-18/h5-15H,16H2,1-4H3,(H,32,33). The van der Waals surface area contributed by atoms with Crippen molar-refractivity contribution in [3.8, 4) is 11.5 Å². The van der Waals surface area contributed by atoms with E-state index in [4.69, 9.17) is 21.1 Å². The predicted molar refractivity (Wildman–Crippen MR) is 136 cm³/mol. The number of carbonyl (C=O) groups excluding carboxylic acids is 1. The lowest BCUT2D eigenvalue weighted by Crippen LogP contribution is -2.37. The van der Waals surface area contributed by atoms with Gasteiger partial charge < -0.3 is 19.1 Å². The zero-order valence-electron chi connectivity index (χ0n) is 20.0. The third kappa shape index (κ3) is 4.88. The summed E-state index contributed by atoms with van der Waals surface area (Å²) in [6.45, 7) is 5.37. The average Bonchev–Trinajstić information content (AvgIpc) is 3.09. The van der Waals surface area contributed by atoms with Crippen molar-refractivity contribution in [1.82, 2.24) is 4.57 Å². The number of carboxylic acid groups (broad SMARTS) is 1. The van der Waals surface area contributed by atoms with E-state index in [2.05, 4.69) is 0 Å². The Morgan fingerprint density at radius 2 is 1.69 bits per heavy atom. The lowest BCUT2D eigenvalue weighted by molar-refractivity contribution is -0.152. The van der Waals surface area contributed by atoms with E-state index in [-0.39, 0.29) is 5.78 Å². The van der Waals surface area contributed by atoms with E-state index in [1.54, 1.807) is 49.6 Å². The molecule has 0 atom stereocenters. The fourth-order valence-electron chi connectivity index (χ4n) is 4.05. The molecule has 35 heavy (non-hydrogen) atoms. The van der Waals surface area contributed by atoms with Gasteiger partial charge in [-0.1, -0.05) is 23.7 Å². The molecule has 0 aliphatic heterocycles. The number of fused-ring (bicyclic) bond motifs is 1. The molecule has 6 nitrogen and oxygen atoms in total. The molecule has 0 fully saturated rings. The largest absolute Gasteiger partial charge is 0.497 e. The summed E-state index contributed by atoms with van der Waals surface area (Å²) in [6, 6.07) is 19.8. The Kier molecular flexibility index (Phi) is 6.59. The summed E-state index contributed by atoms with van der Waals surface area (Å²) in [4.78, 5) is 25.2. The van der Waals surface area contributed by atoms with E-state index in [9.17, 15) is 14.7 Å². The second-order valence-corrected chi connectivity index (χ2v) is 9.27. The summed E-state index contributed by atoms with van der Waals surface area (Å²) < 4.78 is 13.0. The third-order valence-electron chi connectivity index (χ3n) is 5.99. The number of rotatable bonds is 8. The summed E-state index contributed by atoms with van der Waals surface area (Å²) in [6.07, 6.45) is 0. The topological polar surface area (TPSA) is 77.8 Å². The Balaban J connectivity index is 1.86. The lowest BCUT2D eigenvalue weighted by atomic mass is 10.0. The molecule has 1 aromatic heterocycles. The van der Waals surface area contributed by atoms with Gasteiger partial charge in [0.25, 0.3) is 0 Å². The third-order valence-corrected chi connectivity index (χ3v) is 6.23. The molecule has 4 aromatic rings. The fourth-order valence-corrected chi connectivity index (χ4v) is 4.27. The van der Waals surface area contributed by atoms with Crippen molar-refractivity contribution < 1.29 is 24.2 Å². The molecule has 0 saturated heterocycles. The van der Waals surface area contributed by atoms with Gasteiger partial charge in [-0.15, -0.1) is 0 Å². The van der Waals surface area contributed by atoms with Gasteiger partial charge in [-0.25, -0.2) is 4.79 Å². The Bertz CT molecular complexity index is 1420. The molecule has 1 N–H and O–H groups in total. The van der Waals surface area contributed by atoms with Gasteiger partial charge in [-0.3, -0.25) is 4.79 Å². The summed E-state index contributed by atoms with van der Waals surface area (Å²) in [7, 11) is 1.58. The molecule has 0 bridgehead atoms. The first kappa shape index (κ1) is 24.4. The molecule has 0 saturated carbocycles. The van der Waals surface area contributed by atoms with Crippen molar-refractivity contribution in [2.24, 2.45) is 0 Å². The van der Waals surface area contributed by atoms with Crippen LogP contribution in [-0.4, -0.2) is 34.1 Å². The number of aromatic nitrogens is 1. The zero-order chi connectivity index (χ0) is 25.3. The molecule has 4 rings (SSSR count). The number of aliphatic carboxylic acids is 1. The number of carboxylic acids is 1. The highest BCUT2D eigenvalue weighted by molar-refractivity contribution is 6.30. The van der Waals surface area contributed by atoms with Crippen molar-refractivity contribution in [1.29, 1.82) is 0 Å². The smallest absolute Gasteiger partial charge is 0.347 e. The molecule has 0 amide bonds. The molecule has 0 unspecified atom stereocenters. The first-order valence-electron chi connectivity index (χ1n) is 11.1. The maximum absolute atomic E-state index is 13.6. The van der Waals surface area contributed by atoms with Gasteiger partial charge in [0.1, 0.15) is 11.5 Å². The van der Waals surface area contributed by atoms with E-state index in [0.29, 0.717) is 34.2 Å². The predicted octanol–water partition coefficient (Wildman–Crippen LogP) is 6.13. The van der Waals surface area contributed by atoms with Gasteiger partial charge in [-0.05, 0) is 74.9 Å². The zero-order valence-corrected chi connectivity index (χ0v) is 20.7. The molecule has 0 spiro atoms. The first-order chi connectivity index (χ1) is 16.6. The van der Waals surface area contributed by atoms with Crippen LogP contribution in [0.2, 0.25) is 5.02 Å². The van der Waals surface area contributed by atoms with Crippen LogP contribution >= 0.6 is 11.6 Å². The summed E-state index contributed by atoms with van der Waals surface area (Å²) in [5.41, 5.74) is 2.24. The van der Waals surface area contributed by atoms with Crippen LogP contribution in [0.1, 0.15) is 41.0 Å². The number of ketones is 1. The van der Waals surface area contributed by atoms with Crippen molar-refractivity contribution in [3.05, 3.63) is 94.1 Å². The van der Waals surface area contributed by atoms with Crippen LogP contribution < -0.4 is 9.47 Å². The first-order valence-corrected chi connectivity index (χ1v) is 11.5. The summed E-state index contributed by atoms with van der Waals surface area (Å²) in [5.74, 6) is -0.110. The quantitative estimate of drug-likeness (QED) is 0.300. The van der Waals surface area contributed by atoms with Crippen LogP contribution in [0.5, 0.6) is 11.5 Å². The van der Waals surface area contributed by atoms with Gasteiger partial charge in [0.15, 0.2) is 11.4 Å². The maximum atomic E-state index is 13.6. The number of methoxy groups -OCH3 is 1. The normalized spacial score (nSPS) is 11.5. The van der Waals surface area contributed by atoms with Crippen LogP contribution in [-0.2, 0) is 11.3 Å². The highest BCUT2D eigenvalue weighted by atomic mass is 35.5. The Morgan fingerprint density at radius 3 is 2.31 bits per heavy atom. The second kappa shape index (κ2) is 9.47. The summed E-state index contributed by atoms with van der Waals surface area (Å²) in [5, 5.41) is 10.9. The number of nitrogens with zero attached hydrogens (tertiary/aromatic N) is 1. The molecule has 0 aliphatic carbocycles. The Labute approximate surface area is 208 Å². The van der Waals surface area contributed by atoms with E-state index < -0.39 is 11.6 Å². The van der Waals surface area contributed by atoms with Gasteiger partial charge in [0.2, 0.25) is 0 Å². The van der Waals surface area contributed by atoms with E-state index in [0.717, 1.165) is 22.2 Å². The van der Waals surface area contributed by atoms with E-state index in [1.807, 2.05) is 35.8 Å². The maximum Gasteiger partial charge on any atom is 0.347 e.